The van der Waals surface area contributed by atoms with E-state index in [4.69, 9.17) is 9.47 Å². The minimum absolute atomic E-state index is 0.337. The van der Waals surface area contributed by atoms with Crippen LogP contribution in [0.15, 0.2) is 0 Å². The lowest BCUT2D eigenvalue weighted by Crippen LogP contribution is -2.43. The zero-order valence-corrected chi connectivity index (χ0v) is 10.3. The maximum atomic E-state index is 11.3. The molecule has 94 valence electrons. The standard InChI is InChI=1S/C11H22N2O3/c1-11(2,3)16-10(14)13-5-4-9-8-15-7-6-12-9/h9,12H,4-8H2,1-3H3,(H,13,14)/t9-/m1/s1. The molecule has 1 rings (SSSR count). The summed E-state index contributed by atoms with van der Waals surface area (Å²) >= 11 is 0. The number of carbonyl (C=O) groups is 1. The second-order valence-corrected chi connectivity index (χ2v) is 4.94. The molecular formula is C11H22N2O3. The van der Waals surface area contributed by atoms with Crippen LogP contribution in [0.4, 0.5) is 4.79 Å². The molecule has 1 aliphatic rings. The summed E-state index contributed by atoms with van der Waals surface area (Å²) in [4.78, 5) is 11.3. The van der Waals surface area contributed by atoms with Gasteiger partial charge in [-0.3, -0.25) is 0 Å². The summed E-state index contributed by atoms with van der Waals surface area (Å²) in [6, 6.07) is 0.337. The maximum Gasteiger partial charge on any atom is 0.407 e. The third-order valence-corrected chi connectivity index (χ3v) is 2.16. The molecule has 0 aliphatic carbocycles. The molecule has 0 aromatic rings. The lowest BCUT2D eigenvalue weighted by Gasteiger charge is -2.24. The molecule has 0 radical (unpaired) electrons. The molecular weight excluding hydrogens is 208 g/mol. The first-order valence-electron chi connectivity index (χ1n) is 5.75. The van der Waals surface area contributed by atoms with Gasteiger partial charge in [-0.2, -0.15) is 0 Å². The number of carbonyl (C=O) groups excluding carboxylic acids is 1. The van der Waals surface area contributed by atoms with Crippen molar-refractivity contribution in [3.05, 3.63) is 0 Å². The Hall–Kier alpha value is -0.810. The van der Waals surface area contributed by atoms with Gasteiger partial charge in [0.1, 0.15) is 5.60 Å². The number of hydrogen-bond acceptors (Lipinski definition) is 4. The van der Waals surface area contributed by atoms with Crippen LogP contribution in [0.3, 0.4) is 0 Å². The van der Waals surface area contributed by atoms with Gasteiger partial charge in [0, 0.05) is 19.1 Å². The molecule has 5 nitrogen and oxygen atoms in total. The van der Waals surface area contributed by atoms with E-state index >= 15 is 0 Å². The molecule has 5 heteroatoms. The first kappa shape index (κ1) is 13.3. The van der Waals surface area contributed by atoms with E-state index in [0.29, 0.717) is 12.6 Å². The van der Waals surface area contributed by atoms with Crippen LogP contribution in [-0.2, 0) is 9.47 Å². The van der Waals surface area contributed by atoms with Crippen molar-refractivity contribution in [2.75, 3.05) is 26.3 Å². The summed E-state index contributed by atoms with van der Waals surface area (Å²) in [6.45, 7) is 8.54. The third-order valence-electron chi connectivity index (χ3n) is 2.16. The average molecular weight is 230 g/mol. The van der Waals surface area contributed by atoms with Gasteiger partial charge >= 0.3 is 6.09 Å². The van der Waals surface area contributed by atoms with Crippen LogP contribution in [0.1, 0.15) is 27.2 Å². The van der Waals surface area contributed by atoms with E-state index in [1.807, 2.05) is 20.8 Å². The van der Waals surface area contributed by atoms with Crippen LogP contribution in [-0.4, -0.2) is 44.0 Å². The number of ether oxygens (including phenoxy) is 2. The number of morpholine rings is 1. The Morgan fingerprint density at radius 2 is 2.31 bits per heavy atom. The van der Waals surface area contributed by atoms with Gasteiger partial charge in [-0.25, -0.2) is 4.79 Å². The number of hydrogen-bond donors (Lipinski definition) is 2. The highest BCUT2D eigenvalue weighted by Gasteiger charge is 2.17. The first-order valence-corrected chi connectivity index (χ1v) is 5.75. The van der Waals surface area contributed by atoms with Gasteiger partial charge in [0.05, 0.1) is 13.2 Å². The second-order valence-electron chi connectivity index (χ2n) is 4.94. The van der Waals surface area contributed by atoms with Crippen molar-refractivity contribution < 1.29 is 14.3 Å². The van der Waals surface area contributed by atoms with Crippen LogP contribution >= 0.6 is 0 Å². The molecule has 0 aromatic heterocycles. The molecule has 0 unspecified atom stereocenters. The quantitative estimate of drug-likeness (QED) is 0.756. The second kappa shape index (κ2) is 6.06. The summed E-state index contributed by atoms with van der Waals surface area (Å²) in [5.74, 6) is 0. The Balaban J connectivity index is 2.08. The molecule has 1 fully saturated rings. The number of rotatable bonds is 3. The molecule has 2 N–H and O–H groups in total. The molecule has 1 atom stereocenters. The topological polar surface area (TPSA) is 59.6 Å². The zero-order valence-electron chi connectivity index (χ0n) is 10.3. The van der Waals surface area contributed by atoms with Crippen molar-refractivity contribution in [1.82, 2.24) is 10.6 Å². The lowest BCUT2D eigenvalue weighted by molar-refractivity contribution is 0.0508. The maximum absolute atomic E-state index is 11.3. The first-order chi connectivity index (χ1) is 7.47. The number of amides is 1. The van der Waals surface area contributed by atoms with Crippen molar-refractivity contribution >= 4 is 6.09 Å². The SMILES string of the molecule is CC(C)(C)OC(=O)NCC[C@@H]1COCCN1. The van der Waals surface area contributed by atoms with E-state index in [1.165, 1.54) is 0 Å². The molecule has 1 aliphatic heterocycles. The highest BCUT2D eigenvalue weighted by molar-refractivity contribution is 5.67. The van der Waals surface area contributed by atoms with Crippen LogP contribution in [0.2, 0.25) is 0 Å². The van der Waals surface area contributed by atoms with Gasteiger partial charge in [-0.05, 0) is 27.2 Å². The molecule has 0 saturated carbocycles. The van der Waals surface area contributed by atoms with E-state index in [9.17, 15) is 4.79 Å². The van der Waals surface area contributed by atoms with E-state index in [-0.39, 0.29) is 6.09 Å². The fraction of sp³-hybridized carbons (Fsp3) is 0.909. The number of nitrogens with one attached hydrogen (secondary N) is 2. The van der Waals surface area contributed by atoms with E-state index in [2.05, 4.69) is 10.6 Å². The molecule has 16 heavy (non-hydrogen) atoms. The van der Waals surface area contributed by atoms with Gasteiger partial charge in [-0.1, -0.05) is 0 Å². The zero-order chi connectivity index (χ0) is 12.0. The summed E-state index contributed by atoms with van der Waals surface area (Å²) in [5, 5.41) is 6.05. The van der Waals surface area contributed by atoms with Crippen LogP contribution in [0, 0.1) is 0 Å². The highest BCUT2D eigenvalue weighted by Crippen LogP contribution is 2.06. The predicted octanol–water partition coefficient (Wildman–Crippen LogP) is 0.890. The fourth-order valence-electron chi connectivity index (χ4n) is 1.47. The van der Waals surface area contributed by atoms with E-state index in [0.717, 1.165) is 26.2 Å². The highest BCUT2D eigenvalue weighted by atomic mass is 16.6. The van der Waals surface area contributed by atoms with Crippen LogP contribution in [0.25, 0.3) is 0 Å². The Kier molecular flexibility index (Phi) is 5.02. The Labute approximate surface area is 96.9 Å². The Morgan fingerprint density at radius 3 is 2.88 bits per heavy atom. The van der Waals surface area contributed by atoms with Crippen molar-refractivity contribution in [3.63, 3.8) is 0 Å². The monoisotopic (exact) mass is 230 g/mol. The lowest BCUT2D eigenvalue weighted by atomic mass is 10.2. The molecule has 0 spiro atoms. The van der Waals surface area contributed by atoms with E-state index in [1.54, 1.807) is 0 Å². The average Bonchev–Trinajstić information content (AvgIpc) is 2.16. The van der Waals surface area contributed by atoms with Gasteiger partial charge in [-0.15, -0.1) is 0 Å². The van der Waals surface area contributed by atoms with Crippen molar-refractivity contribution in [1.29, 1.82) is 0 Å². The summed E-state index contributed by atoms with van der Waals surface area (Å²) in [6.07, 6.45) is 0.503. The molecule has 1 heterocycles. The third kappa shape index (κ3) is 5.92. The van der Waals surface area contributed by atoms with E-state index < -0.39 is 5.60 Å². The van der Waals surface area contributed by atoms with Crippen molar-refractivity contribution in [3.8, 4) is 0 Å². The fourth-order valence-corrected chi connectivity index (χ4v) is 1.47. The normalized spacial score (nSPS) is 21.6. The van der Waals surface area contributed by atoms with Gasteiger partial charge in [0.25, 0.3) is 0 Å². The van der Waals surface area contributed by atoms with Crippen molar-refractivity contribution in [2.45, 2.75) is 38.8 Å². The smallest absolute Gasteiger partial charge is 0.407 e. The van der Waals surface area contributed by atoms with Crippen LogP contribution < -0.4 is 10.6 Å². The predicted molar refractivity (Wildman–Crippen MR) is 61.5 cm³/mol. The van der Waals surface area contributed by atoms with Gasteiger partial charge in [0.2, 0.25) is 0 Å². The summed E-state index contributed by atoms with van der Waals surface area (Å²) in [7, 11) is 0. The summed E-state index contributed by atoms with van der Waals surface area (Å²) < 4.78 is 10.4. The largest absolute Gasteiger partial charge is 0.444 e. The Bertz CT molecular complexity index is 220. The molecule has 0 bridgehead atoms. The molecule has 0 aromatic carbocycles. The van der Waals surface area contributed by atoms with Gasteiger partial charge in [0.15, 0.2) is 0 Å². The minimum Gasteiger partial charge on any atom is -0.444 e. The van der Waals surface area contributed by atoms with Gasteiger partial charge < -0.3 is 20.1 Å². The van der Waals surface area contributed by atoms with Crippen molar-refractivity contribution in [2.24, 2.45) is 0 Å². The summed E-state index contributed by atoms with van der Waals surface area (Å²) in [5.41, 5.74) is -0.434. The molecule has 1 saturated heterocycles. The minimum atomic E-state index is -0.434. The number of alkyl carbamates (subject to hydrolysis) is 1. The molecule has 1 amide bonds. The Morgan fingerprint density at radius 1 is 1.56 bits per heavy atom. The van der Waals surface area contributed by atoms with Crippen LogP contribution in [0.5, 0.6) is 0 Å².